The maximum Gasteiger partial charge on any atom is 0.206 e. The van der Waals surface area contributed by atoms with Crippen LogP contribution < -0.4 is 0 Å². The summed E-state index contributed by atoms with van der Waals surface area (Å²) in [6, 6.07) is 13.9. The van der Waals surface area contributed by atoms with Crippen LogP contribution in [0.2, 0.25) is 0 Å². The molecule has 2 aromatic rings. The van der Waals surface area contributed by atoms with E-state index in [0.717, 1.165) is 12.0 Å². The first-order valence-electron chi connectivity index (χ1n) is 6.34. The smallest absolute Gasteiger partial charge is 0.206 e. The lowest BCUT2D eigenvalue weighted by Crippen LogP contribution is -2.07. The second-order valence-corrected chi connectivity index (χ2v) is 4.65. The molecule has 0 spiro atoms. The number of aliphatic hydroxyl groups is 1. The van der Waals surface area contributed by atoms with Crippen molar-refractivity contribution < 1.29 is 9.90 Å². The first-order valence-corrected chi connectivity index (χ1v) is 6.34. The summed E-state index contributed by atoms with van der Waals surface area (Å²) in [5.41, 5.74) is 2.70. The summed E-state index contributed by atoms with van der Waals surface area (Å²) in [6.45, 7) is 1.68. The fourth-order valence-electron chi connectivity index (χ4n) is 2.04. The van der Waals surface area contributed by atoms with E-state index >= 15 is 0 Å². The van der Waals surface area contributed by atoms with Gasteiger partial charge in [0, 0.05) is 6.20 Å². The average molecular weight is 255 g/mol. The molecular weight excluding hydrogens is 238 g/mol. The van der Waals surface area contributed by atoms with Gasteiger partial charge in [-0.05, 0) is 29.5 Å². The minimum atomic E-state index is -0.493. The Bertz CT molecular complexity index is 534. The maximum atomic E-state index is 11.3. The molecule has 0 aliphatic rings. The number of pyridine rings is 1. The molecule has 1 N–H and O–H groups in total. The third-order valence-electron chi connectivity index (χ3n) is 3.16. The zero-order chi connectivity index (χ0) is 13.7. The van der Waals surface area contributed by atoms with E-state index < -0.39 is 6.61 Å². The van der Waals surface area contributed by atoms with Gasteiger partial charge >= 0.3 is 0 Å². The molecule has 98 valence electrons. The Morgan fingerprint density at radius 3 is 2.53 bits per heavy atom. The number of hydrogen-bond donors (Lipinski definition) is 1. The van der Waals surface area contributed by atoms with Crippen molar-refractivity contribution in [2.24, 2.45) is 0 Å². The van der Waals surface area contributed by atoms with E-state index in [1.54, 1.807) is 12.3 Å². The van der Waals surface area contributed by atoms with Gasteiger partial charge in [0.2, 0.25) is 5.78 Å². The second-order valence-electron chi connectivity index (χ2n) is 4.65. The van der Waals surface area contributed by atoms with Crippen molar-refractivity contribution in [2.45, 2.75) is 19.3 Å². The Hall–Kier alpha value is -2.00. The van der Waals surface area contributed by atoms with Crippen LogP contribution in [-0.2, 0) is 6.42 Å². The molecule has 0 aliphatic carbocycles. The molecule has 0 aliphatic heterocycles. The van der Waals surface area contributed by atoms with Gasteiger partial charge in [0.1, 0.15) is 12.3 Å². The summed E-state index contributed by atoms with van der Waals surface area (Å²) in [5, 5.41) is 8.76. The fraction of sp³-hybridized carbons (Fsp3) is 0.250. The van der Waals surface area contributed by atoms with Gasteiger partial charge < -0.3 is 5.11 Å². The molecule has 1 heterocycles. The van der Waals surface area contributed by atoms with Gasteiger partial charge in [-0.3, -0.25) is 9.78 Å². The first-order chi connectivity index (χ1) is 9.20. The highest BCUT2D eigenvalue weighted by atomic mass is 16.3. The van der Waals surface area contributed by atoms with Gasteiger partial charge in [-0.2, -0.15) is 0 Å². The van der Waals surface area contributed by atoms with Crippen LogP contribution in [0.5, 0.6) is 0 Å². The summed E-state index contributed by atoms with van der Waals surface area (Å²) in [4.78, 5) is 15.3. The molecule has 1 aromatic heterocycles. The Kier molecular flexibility index (Phi) is 4.42. The molecule has 0 amide bonds. The third-order valence-corrected chi connectivity index (χ3v) is 3.16. The second kappa shape index (κ2) is 6.25. The summed E-state index contributed by atoms with van der Waals surface area (Å²) >= 11 is 0. The van der Waals surface area contributed by atoms with Crippen molar-refractivity contribution >= 4 is 5.78 Å². The Morgan fingerprint density at radius 1 is 1.21 bits per heavy atom. The number of benzene rings is 1. The van der Waals surface area contributed by atoms with Crippen LogP contribution in [0.3, 0.4) is 0 Å². The number of ketones is 1. The van der Waals surface area contributed by atoms with Crippen molar-refractivity contribution in [1.29, 1.82) is 0 Å². The van der Waals surface area contributed by atoms with E-state index in [1.807, 2.05) is 24.3 Å². The lowest BCUT2D eigenvalue weighted by Gasteiger charge is -2.11. The number of hydrogen-bond acceptors (Lipinski definition) is 3. The number of aromatic nitrogens is 1. The van der Waals surface area contributed by atoms with Crippen molar-refractivity contribution in [3.8, 4) is 0 Å². The highest BCUT2D eigenvalue weighted by Crippen LogP contribution is 2.19. The third kappa shape index (κ3) is 3.48. The van der Waals surface area contributed by atoms with E-state index in [4.69, 9.17) is 5.11 Å². The largest absolute Gasteiger partial charge is 0.388 e. The molecule has 0 saturated heterocycles. The minimum Gasteiger partial charge on any atom is -0.388 e. The molecule has 0 unspecified atom stereocenters. The number of rotatable bonds is 5. The normalized spacial score (nSPS) is 12.1. The van der Waals surface area contributed by atoms with Crippen molar-refractivity contribution in [3.05, 3.63) is 65.5 Å². The summed E-state index contributed by atoms with van der Waals surface area (Å²) in [5.74, 6) is 0.0602. The molecule has 3 nitrogen and oxygen atoms in total. The van der Waals surface area contributed by atoms with E-state index in [9.17, 15) is 4.79 Å². The van der Waals surface area contributed by atoms with Crippen molar-refractivity contribution in [3.63, 3.8) is 0 Å². The van der Waals surface area contributed by atoms with Crippen LogP contribution in [-0.4, -0.2) is 22.5 Å². The van der Waals surface area contributed by atoms with Crippen molar-refractivity contribution in [1.82, 2.24) is 4.98 Å². The standard InChI is InChI=1S/C16H17NO2/c1-12(14-5-3-2-4-6-14)9-13-7-8-15(17-10-13)16(19)11-18/h2-8,10,12,18H,9,11H2,1H3/t12-/m0/s1. The molecule has 1 aromatic carbocycles. The summed E-state index contributed by atoms with van der Waals surface area (Å²) in [6.07, 6.45) is 2.59. The van der Waals surface area contributed by atoms with Crippen LogP contribution in [0.4, 0.5) is 0 Å². The van der Waals surface area contributed by atoms with E-state index in [2.05, 4.69) is 24.0 Å². The lowest BCUT2D eigenvalue weighted by molar-refractivity contribution is 0.0898. The SMILES string of the molecule is C[C@@H](Cc1ccc(C(=O)CO)nc1)c1ccccc1. The van der Waals surface area contributed by atoms with Crippen LogP contribution in [0, 0.1) is 0 Å². The van der Waals surface area contributed by atoms with E-state index in [0.29, 0.717) is 11.6 Å². The van der Waals surface area contributed by atoms with Crippen LogP contribution >= 0.6 is 0 Å². The highest BCUT2D eigenvalue weighted by Gasteiger charge is 2.08. The summed E-state index contributed by atoms with van der Waals surface area (Å²) in [7, 11) is 0. The topological polar surface area (TPSA) is 50.2 Å². The monoisotopic (exact) mass is 255 g/mol. The molecule has 3 heteroatoms. The molecule has 0 bridgehead atoms. The molecule has 2 rings (SSSR count). The van der Waals surface area contributed by atoms with Gasteiger partial charge in [-0.25, -0.2) is 0 Å². The molecule has 19 heavy (non-hydrogen) atoms. The van der Waals surface area contributed by atoms with Crippen LogP contribution in [0.15, 0.2) is 48.7 Å². The van der Waals surface area contributed by atoms with Crippen LogP contribution in [0.1, 0.15) is 34.5 Å². The fourth-order valence-corrected chi connectivity index (χ4v) is 2.04. The summed E-state index contributed by atoms with van der Waals surface area (Å²) < 4.78 is 0. The Balaban J connectivity index is 2.06. The molecule has 1 atom stereocenters. The van der Waals surface area contributed by atoms with E-state index in [1.165, 1.54) is 5.56 Å². The predicted octanol–water partition coefficient (Wildman–Crippen LogP) is 2.60. The van der Waals surface area contributed by atoms with Gasteiger partial charge in [0.25, 0.3) is 0 Å². The molecular formula is C16H17NO2. The highest BCUT2D eigenvalue weighted by molar-refractivity contribution is 5.94. The average Bonchev–Trinajstić information content (AvgIpc) is 2.48. The molecule has 0 fully saturated rings. The predicted molar refractivity (Wildman–Crippen MR) is 74.2 cm³/mol. The quantitative estimate of drug-likeness (QED) is 0.835. The lowest BCUT2D eigenvalue weighted by atomic mass is 9.94. The van der Waals surface area contributed by atoms with Gasteiger partial charge in [-0.1, -0.05) is 43.3 Å². The van der Waals surface area contributed by atoms with Crippen molar-refractivity contribution in [2.75, 3.05) is 6.61 Å². The number of aliphatic hydroxyl groups excluding tert-OH is 1. The van der Waals surface area contributed by atoms with E-state index in [-0.39, 0.29) is 5.78 Å². The molecule has 0 radical (unpaired) electrons. The van der Waals surface area contributed by atoms with Gasteiger partial charge in [0.15, 0.2) is 0 Å². The Morgan fingerprint density at radius 2 is 1.95 bits per heavy atom. The molecule has 0 saturated carbocycles. The Labute approximate surface area is 112 Å². The van der Waals surface area contributed by atoms with Gasteiger partial charge in [-0.15, -0.1) is 0 Å². The number of carbonyl (C=O) groups excluding carboxylic acids is 1. The van der Waals surface area contributed by atoms with Crippen LogP contribution in [0.25, 0.3) is 0 Å². The number of Topliss-reactive ketones (excluding diaryl/α,β-unsaturated/α-hetero) is 1. The zero-order valence-electron chi connectivity index (χ0n) is 10.9. The van der Waals surface area contributed by atoms with Gasteiger partial charge in [0.05, 0.1) is 0 Å². The minimum absolute atomic E-state index is 0.318. The maximum absolute atomic E-state index is 11.3. The number of nitrogens with zero attached hydrogens (tertiary/aromatic N) is 1. The number of carbonyl (C=O) groups is 1. The zero-order valence-corrected chi connectivity index (χ0v) is 10.9. The first kappa shape index (κ1) is 13.4.